The number of hydrogen-bond acceptors (Lipinski definition) is 5. The molecule has 0 radical (unpaired) electrons. The summed E-state index contributed by atoms with van der Waals surface area (Å²) in [5.41, 5.74) is 0.334. The van der Waals surface area contributed by atoms with Gasteiger partial charge in [-0.3, -0.25) is 9.79 Å². The predicted molar refractivity (Wildman–Crippen MR) is 81.3 cm³/mol. The Morgan fingerprint density at radius 1 is 1.19 bits per heavy atom. The van der Waals surface area contributed by atoms with Gasteiger partial charge in [0.2, 0.25) is 0 Å². The van der Waals surface area contributed by atoms with Gasteiger partial charge in [-0.25, -0.2) is 4.79 Å². The maximum atomic E-state index is 11.6. The normalized spacial score (nSPS) is 12.6. The second-order valence-electron chi connectivity index (χ2n) is 3.78. The lowest BCUT2D eigenvalue weighted by Crippen LogP contribution is -2.15. The molecule has 0 aliphatic carbocycles. The van der Waals surface area contributed by atoms with Crippen molar-refractivity contribution in [3.05, 3.63) is 40.4 Å². The molecule has 0 saturated carbocycles. The van der Waals surface area contributed by atoms with Crippen LogP contribution < -0.4 is 0 Å². The molecule has 0 aromatic heterocycles. The Hall–Kier alpha value is -1.85. The van der Waals surface area contributed by atoms with Crippen molar-refractivity contribution in [3.63, 3.8) is 0 Å². The van der Waals surface area contributed by atoms with E-state index in [4.69, 9.17) is 23.2 Å². The van der Waals surface area contributed by atoms with Crippen LogP contribution in [-0.4, -0.2) is 32.4 Å². The molecule has 0 amide bonds. The summed E-state index contributed by atoms with van der Waals surface area (Å²) in [7, 11) is 2.47. The van der Waals surface area contributed by atoms with Crippen molar-refractivity contribution in [3.8, 4) is 0 Å². The third-order valence-electron chi connectivity index (χ3n) is 2.42. The van der Waals surface area contributed by atoms with Crippen molar-refractivity contribution in [1.29, 1.82) is 0 Å². The Kier molecular flexibility index (Phi) is 6.91. The maximum absolute atomic E-state index is 11.6. The van der Waals surface area contributed by atoms with Crippen LogP contribution in [0.3, 0.4) is 0 Å². The molecule has 7 heteroatoms. The number of halogens is 2. The van der Waals surface area contributed by atoms with Crippen LogP contribution in [0.25, 0.3) is 0 Å². The highest BCUT2D eigenvalue weighted by molar-refractivity contribution is 6.38. The molecule has 1 aromatic carbocycles. The topological polar surface area (TPSA) is 65.0 Å². The van der Waals surface area contributed by atoms with E-state index in [2.05, 4.69) is 14.5 Å². The van der Waals surface area contributed by atoms with Gasteiger partial charge < -0.3 is 9.47 Å². The van der Waals surface area contributed by atoms with Crippen LogP contribution in [0.2, 0.25) is 10.0 Å². The number of nitrogens with zero attached hydrogens (tertiary/aromatic N) is 1. The van der Waals surface area contributed by atoms with E-state index < -0.39 is 17.9 Å². The Morgan fingerprint density at radius 2 is 1.81 bits per heavy atom. The third-order valence-corrected chi connectivity index (χ3v) is 3.03. The molecule has 0 heterocycles. The zero-order chi connectivity index (χ0) is 15.8. The summed E-state index contributed by atoms with van der Waals surface area (Å²) in [5, 5.41) is 0.693. The van der Waals surface area contributed by atoms with Gasteiger partial charge in [-0.15, -0.1) is 0 Å². The summed E-state index contributed by atoms with van der Waals surface area (Å²) in [4.78, 5) is 26.8. The lowest BCUT2D eigenvalue weighted by Gasteiger charge is -2.05. The van der Waals surface area contributed by atoms with Gasteiger partial charge in [0.1, 0.15) is 5.92 Å². The van der Waals surface area contributed by atoms with Gasteiger partial charge in [-0.2, -0.15) is 0 Å². The van der Waals surface area contributed by atoms with Crippen molar-refractivity contribution in [2.24, 2.45) is 10.9 Å². The standard InChI is InChI=1S/C14H13Cl2NO4/c1-20-12(18)7-6-9(14(19)21-2)8-17-13-10(15)4-3-5-11(13)16/h3-9H,1-2H3. The van der Waals surface area contributed by atoms with Crippen LogP contribution in [0.1, 0.15) is 0 Å². The van der Waals surface area contributed by atoms with Crippen LogP contribution in [-0.2, 0) is 19.1 Å². The Morgan fingerprint density at radius 3 is 2.33 bits per heavy atom. The number of hydrogen-bond donors (Lipinski definition) is 0. The summed E-state index contributed by atoms with van der Waals surface area (Å²) in [6.07, 6.45) is 3.71. The highest BCUT2D eigenvalue weighted by Crippen LogP contribution is 2.32. The van der Waals surface area contributed by atoms with Crippen molar-refractivity contribution in [2.75, 3.05) is 14.2 Å². The van der Waals surface area contributed by atoms with Crippen molar-refractivity contribution in [1.82, 2.24) is 0 Å². The molecule has 112 valence electrons. The Balaban J connectivity index is 3.01. The first-order valence-electron chi connectivity index (χ1n) is 5.81. The number of para-hydroxylation sites is 1. The molecule has 0 bridgehead atoms. The molecule has 1 aromatic rings. The summed E-state index contributed by atoms with van der Waals surface area (Å²) >= 11 is 11.9. The van der Waals surface area contributed by atoms with E-state index in [9.17, 15) is 9.59 Å². The fourth-order valence-electron chi connectivity index (χ4n) is 1.34. The fraction of sp³-hybridized carbons (Fsp3) is 0.214. The molecule has 1 unspecified atom stereocenters. The average Bonchev–Trinajstić information content (AvgIpc) is 2.48. The quantitative estimate of drug-likeness (QED) is 0.472. The number of methoxy groups -OCH3 is 2. The molecule has 0 aliphatic rings. The molecule has 21 heavy (non-hydrogen) atoms. The zero-order valence-corrected chi connectivity index (χ0v) is 12.9. The third kappa shape index (κ3) is 5.21. The molecule has 0 saturated heterocycles. The van der Waals surface area contributed by atoms with Crippen LogP contribution >= 0.6 is 23.2 Å². The molecule has 5 nitrogen and oxygen atoms in total. The number of benzene rings is 1. The number of carbonyl (C=O) groups excluding carboxylic acids is 2. The lowest BCUT2D eigenvalue weighted by atomic mass is 10.1. The van der Waals surface area contributed by atoms with Gasteiger partial charge in [0.05, 0.1) is 30.0 Å². The van der Waals surface area contributed by atoms with Crippen LogP contribution in [0, 0.1) is 5.92 Å². The van der Waals surface area contributed by atoms with Gasteiger partial charge in [0, 0.05) is 12.3 Å². The Labute approximate surface area is 132 Å². The van der Waals surface area contributed by atoms with E-state index in [1.165, 1.54) is 26.5 Å². The van der Waals surface area contributed by atoms with Gasteiger partial charge >= 0.3 is 11.9 Å². The second kappa shape index (κ2) is 8.44. The zero-order valence-electron chi connectivity index (χ0n) is 11.4. The molecule has 0 spiro atoms. The van der Waals surface area contributed by atoms with E-state index in [1.807, 2.05) is 0 Å². The SMILES string of the molecule is COC(=O)C=CC(C=Nc1c(Cl)cccc1Cl)C(=O)OC. The predicted octanol–water partition coefficient (Wildman–Crippen LogP) is 3.21. The smallest absolute Gasteiger partial charge is 0.330 e. The highest BCUT2D eigenvalue weighted by Gasteiger charge is 2.14. The van der Waals surface area contributed by atoms with E-state index in [0.29, 0.717) is 15.7 Å². The maximum Gasteiger partial charge on any atom is 0.330 e. The summed E-state index contributed by atoms with van der Waals surface area (Å²) in [6, 6.07) is 4.92. The summed E-state index contributed by atoms with van der Waals surface area (Å²) in [5.74, 6) is -2.03. The number of esters is 2. The lowest BCUT2D eigenvalue weighted by molar-refractivity contribution is -0.141. The Bertz CT molecular complexity index is 564. The first kappa shape index (κ1) is 17.2. The van der Waals surface area contributed by atoms with Gasteiger partial charge in [-0.05, 0) is 12.1 Å². The minimum Gasteiger partial charge on any atom is -0.468 e. The van der Waals surface area contributed by atoms with E-state index in [-0.39, 0.29) is 0 Å². The fourth-order valence-corrected chi connectivity index (χ4v) is 1.84. The van der Waals surface area contributed by atoms with Gasteiger partial charge in [0.15, 0.2) is 0 Å². The van der Waals surface area contributed by atoms with E-state index in [1.54, 1.807) is 18.2 Å². The molecule has 1 atom stereocenters. The summed E-state index contributed by atoms with van der Waals surface area (Å²) in [6.45, 7) is 0. The minimum absolute atomic E-state index is 0.334. The highest BCUT2D eigenvalue weighted by atomic mass is 35.5. The molecule has 0 fully saturated rings. The van der Waals surface area contributed by atoms with E-state index in [0.717, 1.165) is 6.08 Å². The first-order valence-corrected chi connectivity index (χ1v) is 6.57. The monoisotopic (exact) mass is 329 g/mol. The molecule has 1 rings (SSSR count). The second-order valence-corrected chi connectivity index (χ2v) is 4.59. The average molecular weight is 330 g/mol. The molecule has 0 N–H and O–H groups in total. The van der Waals surface area contributed by atoms with Gasteiger partial charge in [-0.1, -0.05) is 35.3 Å². The van der Waals surface area contributed by atoms with Crippen molar-refractivity contribution in [2.45, 2.75) is 0 Å². The number of carbonyl (C=O) groups is 2. The number of aliphatic imine (C=N–C) groups is 1. The van der Waals surface area contributed by atoms with Gasteiger partial charge in [0.25, 0.3) is 0 Å². The largest absolute Gasteiger partial charge is 0.468 e. The van der Waals surface area contributed by atoms with Crippen molar-refractivity contribution < 1.29 is 19.1 Å². The van der Waals surface area contributed by atoms with Crippen LogP contribution in [0.4, 0.5) is 5.69 Å². The molecular formula is C14H13Cl2NO4. The molecule has 0 aliphatic heterocycles. The summed E-state index contributed by atoms with van der Waals surface area (Å²) < 4.78 is 9.08. The first-order chi connectivity index (χ1) is 9.99. The number of ether oxygens (including phenoxy) is 2. The van der Waals surface area contributed by atoms with Crippen LogP contribution in [0.5, 0.6) is 0 Å². The van der Waals surface area contributed by atoms with Crippen molar-refractivity contribution >= 4 is 47.0 Å². The molecular weight excluding hydrogens is 317 g/mol. The van der Waals surface area contributed by atoms with E-state index >= 15 is 0 Å². The number of rotatable bonds is 5. The minimum atomic E-state index is -0.860. The van der Waals surface area contributed by atoms with Crippen LogP contribution in [0.15, 0.2) is 35.3 Å².